The van der Waals surface area contributed by atoms with Crippen LogP contribution in [0.1, 0.15) is 57.5 Å². The zero-order valence-electron chi connectivity index (χ0n) is 23.9. The predicted molar refractivity (Wildman–Crippen MR) is 162 cm³/mol. The lowest BCUT2D eigenvalue weighted by atomic mass is 9.87. The zero-order chi connectivity index (χ0) is 31.3. The van der Waals surface area contributed by atoms with Crippen LogP contribution < -0.4 is 14.2 Å². The minimum absolute atomic E-state index is 0.0826. The van der Waals surface area contributed by atoms with E-state index in [0.717, 1.165) is 21.4 Å². The lowest BCUT2D eigenvalue weighted by Crippen LogP contribution is -2.26. The molecule has 0 saturated heterocycles. The Morgan fingerprint density at radius 1 is 0.930 bits per heavy atom. The van der Waals surface area contributed by atoms with Crippen molar-refractivity contribution >= 4 is 66.7 Å². The van der Waals surface area contributed by atoms with E-state index in [9.17, 15) is 24.3 Å². The van der Waals surface area contributed by atoms with Crippen LogP contribution in [-0.4, -0.2) is 61.5 Å². The van der Waals surface area contributed by atoms with Crippen LogP contribution in [0, 0.1) is 11.2 Å². The molecule has 0 aliphatic carbocycles. The van der Waals surface area contributed by atoms with Crippen molar-refractivity contribution in [2.75, 3.05) is 27.4 Å². The van der Waals surface area contributed by atoms with E-state index in [0.29, 0.717) is 50.0 Å². The fraction of sp³-hybridized carbons (Fsp3) is 0.355. The highest BCUT2D eigenvalue weighted by atomic mass is 32.1. The van der Waals surface area contributed by atoms with Gasteiger partial charge in [0.05, 0.1) is 49.0 Å². The van der Waals surface area contributed by atoms with Crippen molar-refractivity contribution in [3.05, 3.63) is 51.5 Å². The first-order valence-corrected chi connectivity index (χ1v) is 15.0. The summed E-state index contributed by atoms with van der Waals surface area (Å²) >= 11 is 2.36. The predicted octanol–water partition coefficient (Wildman–Crippen LogP) is 6.10. The van der Waals surface area contributed by atoms with Crippen molar-refractivity contribution in [1.82, 2.24) is 0 Å². The number of aliphatic hydroxyl groups excluding tert-OH is 1. The Morgan fingerprint density at radius 2 is 1.60 bits per heavy atom. The molecule has 0 radical (unpaired) electrons. The average Bonchev–Trinajstić information content (AvgIpc) is 3.62. The number of carboxylic acids is 1. The minimum Gasteiger partial charge on any atom is -0.496 e. The van der Waals surface area contributed by atoms with E-state index in [-0.39, 0.29) is 49.2 Å². The molecule has 0 amide bonds. The summed E-state index contributed by atoms with van der Waals surface area (Å²) in [5, 5.41) is 19.4. The van der Waals surface area contributed by atoms with E-state index in [1.807, 2.05) is 0 Å². The number of fused-ring (bicyclic) bond motifs is 2. The minimum atomic E-state index is -1.20. The summed E-state index contributed by atoms with van der Waals surface area (Å²) in [6.45, 7) is 1.24. The van der Waals surface area contributed by atoms with Crippen LogP contribution in [0.3, 0.4) is 0 Å². The van der Waals surface area contributed by atoms with E-state index in [2.05, 4.69) is 0 Å². The third-order valence-electron chi connectivity index (χ3n) is 7.00. The molecule has 2 aromatic carbocycles. The summed E-state index contributed by atoms with van der Waals surface area (Å²) in [7, 11) is 2.94. The second-order valence-corrected chi connectivity index (χ2v) is 12.5. The maximum atomic E-state index is 15.7. The second-order valence-electron chi connectivity index (χ2n) is 10.3. The zero-order valence-corrected chi connectivity index (χ0v) is 25.5. The molecule has 0 aliphatic heterocycles. The number of ether oxygens (including phenoxy) is 3. The Labute approximate surface area is 254 Å². The van der Waals surface area contributed by atoms with Gasteiger partial charge in [-0.1, -0.05) is 6.92 Å². The Morgan fingerprint density at radius 3 is 2.26 bits per heavy atom. The van der Waals surface area contributed by atoms with Gasteiger partial charge >= 0.3 is 5.97 Å². The maximum absolute atomic E-state index is 15.7. The lowest BCUT2D eigenvalue weighted by molar-refractivity contribution is -0.137. The summed E-state index contributed by atoms with van der Waals surface area (Å²) in [5.41, 5.74) is -0.860. The molecule has 0 spiro atoms. The number of rotatable bonds is 16. The van der Waals surface area contributed by atoms with Gasteiger partial charge in [-0.25, -0.2) is 4.39 Å². The molecule has 2 N–H and O–H groups in total. The summed E-state index contributed by atoms with van der Waals surface area (Å²) in [6, 6.07) is 8.37. The van der Waals surface area contributed by atoms with E-state index >= 15 is 4.39 Å². The Bertz CT molecular complexity index is 1690. The fourth-order valence-corrected chi connectivity index (χ4v) is 6.60. The third-order valence-corrected chi connectivity index (χ3v) is 9.26. The van der Waals surface area contributed by atoms with Crippen molar-refractivity contribution in [2.45, 2.75) is 39.0 Å². The number of hydrogen-bond donors (Lipinski definition) is 2. The molecular weight excluding hydrogens is 599 g/mol. The van der Waals surface area contributed by atoms with E-state index in [1.54, 1.807) is 24.3 Å². The molecule has 0 fully saturated rings. The van der Waals surface area contributed by atoms with Crippen LogP contribution in [0.4, 0.5) is 4.39 Å². The monoisotopic (exact) mass is 630 g/mol. The Kier molecular flexibility index (Phi) is 10.2. The number of aliphatic hydroxyl groups is 1. The molecule has 2 aromatic heterocycles. The van der Waals surface area contributed by atoms with Gasteiger partial charge in [0.2, 0.25) is 0 Å². The van der Waals surface area contributed by atoms with Gasteiger partial charge < -0.3 is 29.2 Å². The Hall–Kier alpha value is -3.87. The number of carboxylic acid groups (broad SMARTS) is 1. The van der Waals surface area contributed by atoms with Crippen molar-refractivity contribution in [3.63, 3.8) is 0 Å². The molecule has 43 heavy (non-hydrogen) atoms. The number of carbonyl (C=O) groups excluding carboxylic acids is 3. The van der Waals surface area contributed by atoms with Gasteiger partial charge in [0.1, 0.15) is 17.9 Å². The molecule has 0 saturated carbocycles. The molecule has 2 heterocycles. The number of aliphatic carboxylic acids is 1. The number of benzene rings is 2. The van der Waals surface area contributed by atoms with Crippen LogP contribution in [0.25, 0.3) is 20.2 Å². The molecule has 4 aromatic rings. The van der Waals surface area contributed by atoms with Gasteiger partial charge in [-0.3, -0.25) is 14.4 Å². The van der Waals surface area contributed by atoms with Crippen molar-refractivity contribution in [2.24, 2.45) is 5.41 Å². The first kappa shape index (κ1) is 32.1. The maximum Gasteiger partial charge on any atom is 0.303 e. The number of carbonyl (C=O) groups is 4. The van der Waals surface area contributed by atoms with E-state index in [1.165, 1.54) is 38.5 Å². The smallest absolute Gasteiger partial charge is 0.303 e. The van der Waals surface area contributed by atoms with Crippen molar-refractivity contribution in [3.8, 4) is 17.2 Å². The largest absolute Gasteiger partial charge is 0.496 e. The number of thiophene rings is 2. The Balaban J connectivity index is 1.47. The number of halogens is 1. The van der Waals surface area contributed by atoms with Gasteiger partial charge in [0.15, 0.2) is 23.1 Å². The first-order chi connectivity index (χ1) is 20.5. The van der Waals surface area contributed by atoms with Crippen molar-refractivity contribution in [1.29, 1.82) is 0 Å². The van der Waals surface area contributed by atoms with Gasteiger partial charge in [-0.15, -0.1) is 22.7 Å². The number of methoxy groups -OCH3 is 2. The third kappa shape index (κ3) is 7.20. The number of Topliss-reactive ketones (excluding diaryl/α,β-unsaturated/α-hetero) is 2. The topological polar surface area (TPSA) is 136 Å². The average molecular weight is 631 g/mol. The molecule has 228 valence electrons. The number of hydrogen-bond acceptors (Lipinski definition) is 10. The van der Waals surface area contributed by atoms with Crippen LogP contribution in [0.2, 0.25) is 0 Å². The number of ketones is 2. The fourth-order valence-electron chi connectivity index (χ4n) is 4.53. The summed E-state index contributed by atoms with van der Waals surface area (Å²) in [4.78, 5) is 48.1. The van der Waals surface area contributed by atoms with Crippen LogP contribution in [0.5, 0.6) is 17.2 Å². The van der Waals surface area contributed by atoms with Crippen LogP contribution in [0.15, 0.2) is 30.3 Å². The van der Waals surface area contributed by atoms with Gasteiger partial charge in [-0.2, -0.15) is 0 Å². The lowest BCUT2D eigenvalue weighted by Gasteiger charge is -2.17. The summed E-state index contributed by atoms with van der Waals surface area (Å²) in [5.74, 6) is -0.871. The van der Waals surface area contributed by atoms with E-state index < -0.39 is 23.8 Å². The molecule has 0 unspecified atom stereocenters. The highest BCUT2D eigenvalue weighted by molar-refractivity contribution is 7.21. The SMILES string of the molecule is COc1cc2sc(C(=O)CCC(=O)O)cc2cc1OCCCc1c(OC)cc2sc(C(=O)C[C@@](C)(C=O)CO)cc2c1F. The van der Waals surface area contributed by atoms with Crippen molar-refractivity contribution < 1.29 is 48.0 Å². The van der Waals surface area contributed by atoms with Gasteiger partial charge in [0.25, 0.3) is 0 Å². The molecule has 0 aliphatic rings. The molecular formula is C31H31FO9S2. The highest BCUT2D eigenvalue weighted by Crippen LogP contribution is 2.39. The van der Waals surface area contributed by atoms with E-state index in [4.69, 9.17) is 19.3 Å². The highest BCUT2D eigenvalue weighted by Gasteiger charge is 2.28. The number of aldehydes is 1. The van der Waals surface area contributed by atoms with Crippen LogP contribution in [-0.2, 0) is 16.0 Å². The summed E-state index contributed by atoms with van der Waals surface area (Å²) in [6.07, 6.45) is 0.752. The molecule has 4 rings (SSSR count). The van der Waals surface area contributed by atoms with Crippen LogP contribution >= 0.6 is 22.7 Å². The quantitative estimate of drug-likeness (QED) is 0.0855. The molecule has 12 heteroatoms. The summed E-state index contributed by atoms with van der Waals surface area (Å²) < 4.78 is 33.9. The van der Waals surface area contributed by atoms with Gasteiger partial charge in [0, 0.05) is 39.3 Å². The normalized spacial score (nSPS) is 12.7. The molecule has 1 atom stereocenters. The molecule has 9 nitrogen and oxygen atoms in total. The first-order valence-electron chi connectivity index (χ1n) is 13.4. The second kappa shape index (κ2) is 13.6. The molecule has 0 bridgehead atoms. The standard InChI is InChI=1S/C31H31FO9S2/c1-31(15-33,16-34)14-21(36)28-11-19-26(43-28)12-22(39-2)18(30(19)32)5-4-8-41-24-9-17-10-27(20(35)6-7-29(37)38)42-25(17)13-23(24)40-3/h9-13,15,34H,4-8,14,16H2,1-3H3,(H,37,38)/t31-/m0/s1. The van der Waals surface area contributed by atoms with Gasteiger partial charge in [-0.05, 0) is 42.5 Å².